The molecule has 1 N–H and O–H groups in total. The summed E-state index contributed by atoms with van der Waals surface area (Å²) in [6.45, 7) is 5.44. The van der Waals surface area contributed by atoms with Crippen molar-refractivity contribution in [3.63, 3.8) is 0 Å². The van der Waals surface area contributed by atoms with Gasteiger partial charge in [0.15, 0.2) is 0 Å². The van der Waals surface area contributed by atoms with Crippen LogP contribution in [-0.4, -0.2) is 29.6 Å². The van der Waals surface area contributed by atoms with Crippen LogP contribution in [0.5, 0.6) is 0 Å². The van der Waals surface area contributed by atoms with Crippen molar-refractivity contribution in [3.05, 3.63) is 35.9 Å². The highest BCUT2D eigenvalue weighted by atomic mass is 16.3. The zero-order chi connectivity index (χ0) is 10.7. The van der Waals surface area contributed by atoms with E-state index in [1.807, 2.05) is 30.3 Å². The fourth-order valence-corrected chi connectivity index (χ4v) is 2.33. The number of aliphatic hydroxyl groups excluding tert-OH is 1. The van der Waals surface area contributed by atoms with Crippen LogP contribution >= 0.6 is 0 Å². The smallest absolute Gasteiger partial charge is 0.0830 e. The van der Waals surface area contributed by atoms with Gasteiger partial charge in [0.1, 0.15) is 0 Å². The number of benzene rings is 1. The molecule has 0 radical (unpaired) electrons. The molecule has 82 valence electrons. The molecule has 0 saturated carbocycles. The summed E-state index contributed by atoms with van der Waals surface area (Å²) < 4.78 is 0. The number of nitrogens with zero attached hydrogens (tertiary/aromatic N) is 1. The molecule has 0 unspecified atom stereocenters. The van der Waals surface area contributed by atoms with Gasteiger partial charge < -0.3 is 10.0 Å². The van der Waals surface area contributed by atoms with Gasteiger partial charge in [0.25, 0.3) is 0 Å². The molecule has 15 heavy (non-hydrogen) atoms. The third kappa shape index (κ3) is 2.39. The molecule has 1 aliphatic rings. The molecule has 2 nitrogen and oxygen atoms in total. The number of rotatable bonds is 3. The van der Waals surface area contributed by atoms with Gasteiger partial charge in [0.2, 0.25) is 0 Å². The van der Waals surface area contributed by atoms with Gasteiger partial charge in [-0.1, -0.05) is 37.3 Å². The molecule has 1 aromatic rings. The first-order chi connectivity index (χ1) is 7.31. The first-order valence-electron chi connectivity index (χ1n) is 5.76. The Balaban J connectivity index is 2.00. The van der Waals surface area contributed by atoms with Crippen LogP contribution in [0, 0.1) is 5.92 Å². The van der Waals surface area contributed by atoms with E-state index in [0.717, 1.165) is 31.6 Å². The lowest BCUT2D eigenvalue weighted by Gasteiger charge is -2.19. The molecule has 2 rings (SSSR count). The molecule has 1 heterocycles. The van der Waals surface area contributed by atoms with Gasteiger partial charge >= 0.3 is 0 Å². The van der Waals surface area contributed by atoms with E-state index in [4.69, 9.17) is 0 Å². The maximum absolute atomic E-state index is 10.2. The minimum Gasteiger partial charge on any atom is -0.388 e. The first kappa shape index (κ1) is 10.7. The summed E-state index contributed by atoms with van der Waals surface area (Å²) >= 11 is 0. The SMILES string of the molecule is CCN1CC[C@H]([C@@H](O)c2ccccc2)C1. The fraction of sp³-hybridized carbons (Fsp3) is 0.538. The molecule has 1 aliphatic heterocycles. The van der Waals surface area contributed by atoms with Crippen LogP contribution in [0.15, 0.2) is 30.3 Å². The highest BCUT2D eigenvalue weighted by Crippen LogP contribution is 2.29. The Kier molecular flexibility index (Phi) is 3.39. The maximum atomic E-state index is 10.2. The van der Waals surface area contributed by atoms with Gasteiger partial charge in [0.05, 0.1) is 6.10 Å². The lowest BCUT2D eigenvalue weighted by Crippen LogP contribution is -2.22. The largest absolute Gasteiger partial charge is 0.388 e. The minimum absolute atomic E-state index is 0.289. The summed E-state index contributed by atoms with van der Waals surface area (Å²) in [4.78, 5) is 2.40. The van der Waals surface area contributed by atoms with Gasteiger partial charge in [-0.15, -0.1) is 0 Å². The lowest BCUT2D eigenvalue weighted by atomic mass is 9.95. The van der Waals surface area contributed by atoms with Crippen molar-refractivity contribution in [2.24, 2.45) is 5.92 Å². The van der Waals surface area contributed by atoms with Crippen LogP contribution in [0.25, 0.3) is 0 Å². The fourth-order valence-electron chi connectivity index (χ4n) is 2.33. The maximum Gasteiger partial charge on any atom is 0.0830 e. The molecule has 1 aromatic carbocycles. The average Bonchev–Trinajstić information content (AvgIpc) is 2.78. The Bertz CT molecular complexity index is 299. The summed E-state index contributed by atoms with van der Waals surface area (Å²) in [5, 5.41) is 10.2. The van der Waals surface area contributed by atoms with Crippen molar-refractivity contribution in [1.29, 1.82) is 0 Å². The van der Waals surface area contributed by atoms with E-state index in [1.54, 1.807) is 0 Å². The summed E-state index contributed by atoms with van der Waals surface area (Å²) in [6, 6.07) is 10.00. The molecular formula is C13H19NO. The van der Waals surface area contributed by atoms with E-state index in [-0.39, 0.29) is 6.10 Å². The average molecular weight is 205 g/mol. The van der Waals surface area contributed by atoms with Crippen LogP contribution in [0.4, 0.5) is 0 Å². The van der Waals surface area contributed by atoms with Crippen LogP contribution < -0.4 is 0 Å². The molecule has 1 fully saturated rings. The Morgan fingerprint density at radius 3 is 2.73 bits per heavy atom. The second-order valence-corrected chi connectivity index (χ2v) is 4.30. The molecule has 0 spiro atoms. The predicted molar refractivity (Wildman–Crippen MR) is 61.6 cm³/mol. The topological polar surface area (TPSA) is 23.5 Å². The minimum atomic E-state index is -0.289. The molecule has 0 bridgehead atoms. The second kappa shape index (κ2) is 4.77. The van der Waals surface area contributed by atoms with Crippen LogP contribution in [0.3, 0.4) is 0 Å². The number of aliphatic hydroxyl groups is 1. The molecule has 1 saturated heterocycles. The lowest BCUT2D eigenvalue weighted by molar-refractivity contribution is 0.111. The highest BCUT2D eigenvalue weighted by Gasteiger charge is 2.28. The third-order valence-corrected chi connectivity index (χ3v) is 3.34. The molecule has 2 heteroatoms. The molecular weight excluding hydrogens is 186 g/mol. The quantitative estimate of drug-likeness (QED) is 0.816. The van der Waals surface area contributed by atoms with Crippen molar-refractivity contribution in [2.75, 3.05) is 19.6 Å². The normalized spacial score (nSPS) is 24.3. The van der Waals surface area contributed by atoms with Gasteiger partial charge in [-0.25, -0.2) is 0 Å². The number of hydrogen-bond donors (Lipinski definition) is 1. The zero-order valence-electron chi connectivity index (χ0n) is 9.26. The third-order valence-electron chi connectivity index (χ3n) is 3.34. The van der Waals surface area contributed by atoms with E-state index in [0.29, 0.717) is 5.92 Å². The monoisotopic (exact) mass is 205 g/mol. The van der Waals surface area contributed by atoms with Crippen LogP contribution in [-0.2, 0) is 0 Å². The van der Waals surface area contributed by atoms with Gasteiger partial charge in [-0.2, -0.15) is 0 Å². The van der Waals surface area contributed by atoms with Crippen LogP contribution in [0.1, 0.15) is 25.0 Å². The van der Waals surface area contributed by atoms with Crippen molar-refractivity contribution in [1.82, 2.24) is 4.90 Å². The van der Waals surface area contributed by atoms with E-state index in [9.17, 15) is 5.11 Å². The molecule has 0 aliphatic carbocycles. The Morgan fingerprint density at radius 2 is 2.13 bits per heavy atom. The standard InChI is InChI=1S/C13H19NO/c1-2-14-9-8-12(10-14)13(15)11-6-4-3-5-7-11/h3-7,12-13,15H,2,8-10H2,1H3/t12-,13-/m0/s1. The first-order valence-corrected chi connectivity index (χ1v) is 5.76. The van der Waals surface area contributed by atoms with Gasteiger partial charge in [0, 0.05) is 12.5 Å². The Hall–Kier alpha value is -0.860. The summed E-state index contributed by atoms with van der Waals surface area (Å²) in [6.07, 6.45) is 0.826. The predicted octanol–water partition coefficient (Wildman–Crippen LogP) is 2.06. The van der Waals surface area contributed by atoms with Crippen molar-refractivity contribution in [2.45, 2.75) is 19.4 Å². The van der Waals surface area contributed by atoms with Gasteiger partial charge in [-0.05, 0) is 25.1 Å². The summed E-state index contributed by atoms with van der Waals surface area (Å²) in [5.41, 5.74) is 1.06. The van der Waals surface area contributed by atoms with E-state index >= 15 is 0 Å². The second-order valence-electron chi connectivity index (χ2n) is 4.30. The summed E-state index contributed by atoms with van der Waals surface area (Å²) in [5.74, 6) is 0.410. The Morgan fingerprint density at radius 1 is 1.40 bits per heavy atom. The van der Waals surface area contributed by atoms with Crippen molar-refractivity contribution in [3.8, 4) is 0 Å². The number of likely N-dealkylation sites (tertiary alicyclic amines) is 1. The van der Waals surface area contributed by atoms with E-state index < -0.39 is 0 Å². The van der Waals surface area contributed by atoms with Gasteiger partial charge in [-0.3, -0.25) is 0 Å². The van der Waals surface area contributed by atoms with E-state index in [2.05, 4.69) is 11.8 Å². The molecule has 0 amide bonds. The Labute approximate surface area is 91.5 Å². The molecule has 0 aromatic heterocycles. The van der Waals surface area contributed by atoms with Crippen LogP contribution in [0.2, 0.25) is 0 Å². The number of hydrogen-bond acceptors (Lipinski definition) is 2. The van der Waals surface area contributed by atoms with Crippen molar-refractivity contribution >= 4 is 0 Å². The van der Waals surface area contributed by atoms with Crippen molar-refractivity contribution < 1.29 is 5.11 Å². The summed E-state index contributed by atoms with van der Waals surface area (Å²) in [7, 11) is 0. The zero-order valence-corrected chi connectivity index (χ0v) is 9.26. The molecule has 2 atom stereocenters. The van der Waals surface area contributed by atoms with E-state index in [1.165, 1.54) is 0 Å². The highest BCUT2D eigenvalue weighted by molar-refractivity contribution is 5.18.